The molecule has 0 N–H and O–H groups in total. The Kier molecular flexibility index (Phi) is 4.98. The first-order chi connectivity index (χ1) is 10.0. The van der Waals surface area contributed by atoms with E-state index in [1.807, 2.05) is 0 Å². The first-order valence-corrected chi connectivity index (χ1v) is 6.83. The molecule has 4 nitrogen and oxygen atoms in total. The summed E-state index contributed by atoms with van der Waals surface area (Å²) in [5.41, 5.74) is 0.523. The zero-order chi connectivity index (χ0) is 15.4. The van der Waals surface area contributed by atoms with Gasteiger partial charge in [0, 0.05) is 17.5 Å². The highest BCUT2D eigenvalue weighted by Gasteiger charge is 2.17. The molecule has 0 fully saturated rings. The Balaban J connectivity index is 2.26. The third kappa shape index (κ3) is 3.62. The van der Waals surface area contributed by atoms with Gasteiger partial charge < -0.3 is 4.74 Å². The van der Waals surface area contributed by atoms with Gasteiger partial charge in [-0.3, -0.25) is 10.1 Å². The fourth-order valence-corrected chi connectivity index (χ4v) is 2.11. The number of hydrogen-bond acceptors (Lipinski definition) is 3. The maximum absolute atomic E-state index is 13.6. The predicted molar refractivity (Wildman–Crippen MR) is 78.4 cm³/mol. The molecule has 0 aliphatic heterocycles. The van der Waals surface area contributed by atoms with Crippen molar-refractivity contribution in [3.8, 4) is 5.75 Å². The Hall–Kier alpha value is -1.85. The quantitative estimate of drug-likeness (QED) is 0.453. The van der Waals surface area contributed by atoms with Gasteiger partial charge in [-0.05, 0) is 23.8 Å². The van der Waals surface area contributed by atoms with E-state index < -0.39 is 10.7 Å². The van der Waals surface area contributed by atoms with E-state index in [-0.39, 0.29) is 34.5 Å². The van der Waals surface area contributed by atoms with Gasteiger partial charge in [-0.1, -0.05) is 23.7 Å². The molecule has 0 aliphatic rings. The summed E-state index contributed by atoms with van der Waals surface area (Å²) in [6.07, 6.45) is 0. The molecule has 0 aliphatic carbocycles. The maximum atomic E-state index is 13.6. The van der Waals surface area contributed by atoms with Crippen molar-refractivity contribution in [3.05, 3.63) is 68.5 Å². The molecule has 2 aromatic carbocycles. The third-order valence-corrected chi connectivity index (χ3v) is 3.47. The van der Waals surface area contributed by atoms with Crippen molar-refractivity contribution in [3.63, 3.8) is 0 Å². The summed E-state index contributed by atoms with van der Waals surface area (Å²) in [4.78, 5) is 10.4. The lowest BCUT2D eigenvalue weighted by molar-refractivity contribution is -0.386. The number of rotatable bonds is 5. The van der Waals surface area contributed by atoms with Crippen molar-refractivity contribution in [1.82, 2.24) is 0 Å². The van der Waals surface area contributed by atoms with Gasteiger partial charge in [-0.15, -0.1) is 11.6 Å². The van der Waals surface area contributed by atoms with E-state index in [4.69, 9.17) is 27.9 Å². The highest BCUT2D eigenvalue weighted by Crippen LogP contribution is 2.30. The van der Waals surface area contributed by atoms with Gasteiger partial charge >= 0.3 is 5.69 Å². The van der Waals surface area contributed by atoms with Gasteiger partial charge in [0.15, 0.2) is 5.75 Å². The number of hydrogen-bond donors (Lipinski definition) is 0. The third-order valence-electron chi connectivity index (χ3n) is 2.81. The van der Waals surface area contributed by atoms with Gasteiger partial charge in [0.05, 0.1) is 9.95 Å². The van der Waals surface area contributed by atoms with Crippen LogP contribution in [-0.4, -0.2) is 4.92 Å². The monoisotopic (exact) mass is 329 g/mol. The minimum atomic E-state index is -0.575. The summed E-state index contributed by atoms with van der Waals surface area (Å²) in [5.74, 6) is -0.337. The first kappa shape index (κ1) is 15.5. The summed E-state index contributed by atoms with van der Waals surface area (Å²) in [6.45, 7) is -0.202. The average Bonchev–Trinajstić information content (AvgIpc) is 2.46. The van der Waals surface area contributed by atoms with Crippen LogP contribution in [0.15, 0.2) is 36.4 Å². The number of halogens is 3. The largest absolute Gasteiger partial charge is 0.482 e. The molecule has 0 unspecified atom stereocenters. The molecule has 0 saturated heterocycles. The van der Waals surface area contributed by atoms with Crippen molar-refractivity contribution in [1.29, 1.82) is 0 Å². The zero-order valence-electron chi connectivity index (χ0n) is 10.7. The molecule has 2 rings (SSSR count). The molecule has 0 amide bonds. The lowest BCUT2D eigenvalue weighted by Crippen LogP contribution is -2.02. The van der Waals surface area contributed by atoms with Crippen LogP contribution in [0.2, 0.25) is 5.02 Å². The van der Waals surface area contributed by atoms with Gasteiger partial charge in [-0.25, -0.2) is 4.39 Å². The Morgan fingerprint density at radius 3 is 2.67 bits per heavy atom. The van der Waals surface area contributed by atoms with Crippen LogP contribution in [-0.2, 0) is 12.5 Å². The molecule has 21 heavy (non-hydrogen) atoms. The average molecular weight is 330 g/mol. The molecule has 2 aromatic rings. The van der Waals surface area contributed by atoms with E-state index in [0.29, 0.717) is 5.56 Å². The minimum Gasteiger partial charge on any atom is -0.482 e. The second-order valence-electron chi connectivity index (χ2n) is 4.18. The Labute approximate surface area is 130 Å². The van der Waals surface area contributed by atoms with E-state index in [1.54, 1.807) is 6.07 Å². The summed E-state index contributed by atoms with van der Waals surface area (Å²) in [6, 6.07) is 8.61. The summed E-state index contributed by atoms with van der Waals surface area (Å²) < 4.78 is 19.0. The molecule has 110 valence electrons. The van der Waals surface area contributed by atoms with Crippen molar-refractivity contribution in [2.45, 2.75) is 12.5 Å². The summed E-state index contributed by atoms with van der Waals surface area (Å²) in [5, 5.41) is 11.2. The Bertz CT molecular complexity index is 659. The summed E-state index contributed by atoms with van der Waals surface area (Å²) in [7, 11) is 0. The molecule has 0 aromatic heterocycles. The second kappa shape index (κ2) is 6.74. The smallest absolute Gasteiger partial charge is 0.311 e. The number of benzene rings is 2. The fraction of sp³-hybridized carbons (Fsp3) is 0.143. The van der Waals surface area contributed by atoms with Crippen molar-refractivity contribution < 1.29 is 14.1 Å². The number of ether oxygens (including phenoxy) is 1. The standard InChI is InChI=1S/C14H10Cl2FNO3/c15-7-9-4-5-14(13(6-9)18(19)20)21-8-10-11(16)2-1-3-12(10)17/h1-6H,7-8H2. The topological polar surface area (TPSA) is 52.4 Å². The van der Waals surface area contributed by atoms with Gasteiger partial charge in [0.2, 0.25) is 0 Å². The SMILES string of the molecule is O=[N+]([O-])c1cc(CCl)ccc1OCc1c(F)cccc1Cl. The second-order valence-corrected chi connectivity index (χ2v) is 4.86. The first-order valence-electron chi connectivity index (χ1n) is 5.92. The van der Waals surface area contributed by atoms with Crippen LogP contribution in [0.5, 0.6) is 5.75 Å². The van der Waals surface area contributed by atoms with Gasteiger partial charge in [-0.2, -0.15) is 0 Å². The van der Waals surface area contributed by atoms with Crippen LogP contribution in [0.4, 0.5) is 10.1 Å². The normalized spacial score (nSPS) is 10.4. The molecule has 0 bridgehead atoms. The van der Waals surface area contributed by atoms with E-state index in [1.165, 1.54) is 30.3 Å². The van der Waals surface area contributed by atoms with E-state index in [2.05, 4.69) is 0 Å². The molecule has 0 saturated carbocycles. The molecule has 0 radical (unpaired) electrons. The number of nitrogens with zero attached hydrogens (tertiary/aromatic N) is 1. The van der Waals surface area contributed by atoms with Crippen LogP contribution in [0.1, 0.15) is 11.1 Å². The lowest BCUT2D eigenvalue weighted by Gasteiger charge is -2.09. The number of nitro groups is 1. The van der Waals surface area contributed by atoms with Crippen LogP contribution in [0.25, 0.3) is 0 Å². The molecular weight excluding hydrogens is 320 g/mol. The highest BCUT2D eigenvalue weighted by molar-refractivity contribution is 6.31. The number of nitro benzene ring substituents is 1. The molecule has 0 atom stereocenters. The van der Waals surface area contributed by atoms with E-state index >= 15 is 0 Å². The van der Waals surface area contributed by atoms with Crippen molar-refractivity contribution >= 4 is 28.9 Å². The van der Waals surface area contributed by atoms with E-state index in [0.717, 1.165) is 0 Å². The van der Waals surface area contributed by atoms with Crippen molar-refractivity contribution in [2.75, 3.05) is 0 Å². The molecule has 7 heteroatoms. The van der Waals surface area contributed by atoms with Crippen LogP contribution < -0.4 is 4.74 Å². The fourth-order valence-electron chi connectivity index (χ4n) is 1.73. The van der Waals surface area contributed by atoms with Crippen LogP contribution in [0, 0.1) is 15.9 Å². The summed E-state index contributed by atoms with van der Waals surface area (Å²) >= 11 is 11.5. The van der Waals surface area contributed by atoms with Crippen LogP contribution in [0.3, 0.4) is 0 Å². The van der Waals surface area contributed by atoms with Crippen molar-refractivity contribution in [2.24, 2.45) is 0 Å². The molecule has 0 spiro atoms. The zero-order valence-corrected chi connectivity index (χ0v) is 12.2. The Morgan fingerprint density at radius 1 is 1.29 bits per heavy atom. The van der Waals surface area contributed by atoms with E-state index in [9.17, 15) is 14.5 Å². The predicted octanol–water partition coefficient (Wildman–Crippen LogP) is 4.71. The Morgan fingerprint density at radius 2 is 2.05 bits per heavy atom. The van der Waals surface area contributed by atoms with Crippen LogP contribution >= 0.6 is 23.2 Å². The van der Waals surface area contributed by atoms with Gasteiger partial charge in [0.25, 0.3) is 0 Å². The molecular formula is C14H10Cl2FNO3. The lowest BCUT2D eigenvalue weighted by atomic mass is 10.2. The molecule has 0 heterocycles. The highest BCUT2D eigenvalue weighted by atomic mass is 35.5. The van der Waals surface area contributed by atoms with Gasteiger partial charge in [0.1, 0.15) is 12.4 Å². The minimum absolute atomic E-state index is 0.0354. The number of alkyl halides is 1. The maximum Gasteiger partial charge on any atom is 0.311 e.